The number of aliphatic hydroxyl groups is 1. The summed E-state index contributed by atoms with van der Waals surface area (Å²) in [4.78, 5) is 53.3. The SMILES string of the molecule is CC[C@@H](C)[C@H](NC(=O)OC)C(=O)N[C@@H](Cc1ccccc1)[C@@H](O)CN(Cc1ccc(-c2n[nH][n+](C)n2)cc1)NC(=O)[C@@H](NC(=O)OC)C(C)(C)C. The van der Waals surface area contributed by atoms with E-state index in [0.29, 0.717) is 12.2 Å². The highest BCUT2D eigenvalue weighted by atomic mass is 16.5. The Bertz CT molecular complexity index is 1580. The Morgan fingerprint density at radius 3 is 2.10 bits per heavy atom. The molecule has 0 spiro atoms. The summed E-state index contributed by atoms with van der Waals surface area (Å²) in [6, 6.07) is 14.0. The van der Waals surface area contributed by atoms with Gasteiger partial charge < -0.3 is 30.5 Å². The van der Waals surface area contributed by atoms with Crippen molar-refractivity contribution in [3.8, 4) is 11.4 Å². The van der Waals surface area contributed by atoms with Gasteiger partial charge in [0.2, 0.25) is 5.91 Å². The average molecular weight is 711 g/mol. The number of carbonyl (C=O) groups excluding carboxylic acids is 4. The fraction of sp³-hybridized carbons (Fsp3) is 0.514. The summed E-state index contributed by atoms with van der Waals surface area (Å²) in [6.45, 7) is 9.15. The number of hydrogen-bond donors (Lipinski definition) is 6. The summed E-state index contributed by atoms with van der Waals surface area (Å²) >= 11 is 0. The number of alkyl carbamates (subject to hydrolysis) is 2. The quantitative estimate of drug-likeness (QED) is 0.0939. The predicted octanol–water partition coefficient (Wildman–Crippen LogP) is 1.76. The van der Waals surface area contributed by atoms with Gasteiger partial charge in [-0.25, -0.2) is 14.6 Å². The molecule has 0 aliphatic heterocycles. The molecular weight excluding hydrogens is 658 g/mol. The Kier molecular flexibility index (Phi) is 14.9. The minimum atomic E-state index is -1.22. The van der Waals surface area contributed by atoms with E-state index in [2.05, 4.69) is 36.8 Å². The highest BCUT2D eigenvalue weighted by Crippen LogP contribution is 2.21. The van der Waals surface area contributed by atoms with E-state index >= 15 is 0 Å². The number of hydrazine groups is 1. The lowest BCUT2D eigenvalue weighted by Gasteiger charge is -2.35. The van der Waals surface area contributed by atoms with Crippen LogP contribution in [0.2, 0.25) is 0 Å². The molecule has 0 aliphatic carbocycles. The molecule has 0 saturated heterocycles. The molecule has 1 heterocycles. The van der Waals surface area contributed by atoms with Crippen LogP contribution in [-0.4, -0.2) is 94.5 Å². The number of methoxy groups -OCH3 is 2. The number of H-pyrrole nitrogens is 1. The summed E-state index contributed by atoms with van der Waals surface area (Å²) in [5, 5.41) is 32.7. The van der Waals surface area contributed by atoms with Gasteiger partial charge in [0, 0.05) is 13.1 Å². The molecule has 5 atom stereocenters. The number of benzene rings is 2. The van der Waals surface area contributed by atoms with Gasteiger partial charge in [-0.3, -0.25) is 15.0 Å². The van der Waals surface area contributed by atoms with E-state index in [9.17, 15) is 24.3 Å². The zero-order valence-electron chi connectivity index (χ0n) is 30.6. The van der Waals surface area contributed by atoms with Crippen molar-refractivity contribution in [3.63, 3.8) is 0 Å². The molecule has 2 aromatic carbocycles. The topological polar surface area (TPSA) is 204 Å². The van der Waals surface area contributed by atoms with Gasteiger partial charge in [0.15, 0.2) is 0 Å². The minimum absolute atomic E-state index is 0.129. The van der Waals surface area contributed by atoms with Crippen molar-refractivity contribution in [2.24, 2.45) is 18.4 Å². The van der Waals surface area contributed by atoms with Crippen LogP contribution in [0.25, 0.3) is 11.4 Å². The van der Waals surface area contributed by atoms with Gasteiger partial charge >= 0.3 is 18.0 Å². The van der Waals surface area contributed by atoms with Crippen molar-refractivity contribution in [2.45, 2.75) is 78.2 Å². The van der Waals surface area contributed by atoms with Crippen LogP contribution in [-0.2, 0) is 39.1 Å². The first kappa shape index (κ1) is 40.3. The number of aromatic nitrogens is 4. The second-order valence-electron chi connectivity index (χ2n) is 13.5. The Labute approximate surface area is 298 Å². The maximum Gasteiger partial charge on any atom is 0.407 e. The normalized spacial score (nSPS) is 14.4. The highest BCUT2D eigenvalue weighted by Gasteiger charge is 2.36. The molecule has 0 unspecified atom stereocenters. The number of aliphatic hydroxyl groups excluding tert-OH is 1. The van der Waals surface area contributed by atoms with E-state index in [1.54, 1.807) is 27.8 Å². The van der Waals surface area contributed by atoms with E-state index in [0.717, 1.165) is 16.7 Å². The van der Waals surface area contributed by atoms with Crippen LogP contribution in [0.15, 0.2) is 54.6 Å². The number of ether oxygens (including phenoxy) is 2. The van der Waals surface area contributed by atoms with Gasteiger partial charge in [-0.2, -0.15) is 0 Å². The number of carbonyl (C=O) groups is 4. The first-order chi connectivity index (χ1) is 24.1. The van der Waals surface area contributed by atoms with Gasteiger partial charge in [0.05, 0.1) is 37.0 Å². The third-order valence-corrected chi connectivity index (χ3v) is 8.43. The average Bonchev–Trinajstić information content (AvgIpc) is 3.54. The van der Waals surface area contributed by atoms with E-state index in [1.807, 2.05) is 68.4 Å². The number of amides is 4. The van der Waals surface area contributed by atoms with Gasteiger partial charge in [-0.1, -0.05) is 88.3 Å². The molecule has 0 saturated carbocycles. The number of aromatic amines is 1. The molecule has 0 radical (unpaired) electrons. The van der Waals surface area contributed by atoms with Crippen molar-refractivity contribution in [1.29, 1.82) is 0 Å². The van der Waals surface area contributed by atoms with Crippen molar-refractivity contribution < 1.29 is 38.6 Å². The Hall–Kier alpha value is -5.09. The molecule has 51 heavy (non-hydrogen) atoms. The predicted molar refractivity (Wildman–Crippen MR) is 187 cm³/mol. The number of nitrogens with zero attached hydrogens (tertiary/aromatic N) is 4. The number of aryl methyl sites for hydroxylation is 1. The molecule has 0 aliphatic rings. The molecule has 3 rings (SSSR count). The lowest BCUT2D eigenvalue weighted by molar-refractivity contribution is -0.783. The van der Waals surface area contributed by atoms with E-state index in [1.165, 1.54) is 24.0 Å². The van der Waals surface area contributed by atoms with Crippen LogP contribution in [0.4, 0.5) is 9.59 Å². The number of hydrogen-bond acceptors (Lipinski definition) is 10. The first-order valence-electron chi connectivity index (χ1n) is 16.8. The van der Waals surface area contributed by atoms with Gasteiger partial charge in [-0.05, 0) is 51.3 Å². The molecule has 1 aromatic heterocycles. The van der Waals surface area contributed by atoms with E-state index < -0.39 is 53.6 Å². The number of nitrogens with one attached hydrogen (secondary N) is 5. The van der Waals surface area contributed by atoms with Gasteiger partial charge in [0.1, 0.15) is 19.1 Å². The standard InChI is InChI=1S/C35H51N9O7/c1-9-22(2)28(37-33(48)50-7)31(46)36-26(19-23-13-11-10-12-14-23)27(45)21-44(41-32(47)29(35(3,4)5)38-34(49)51-8)20-24-15-17-25(18-16-24)30-39-42-43(6)40-30/h10-18,22,26-29,45H,9,19-21H2,1-8H3,(H4,36,37,38,41,46,47,48,49)/p+1/t22-,26+,27+,28+,29-/m1/s1. The molecule has 6 N–H and O–H groups in total. The van der Waals surface area contributed by atoms with Crippen LogP contribution in [0.3, 0.4) is 0 Å². The van der Waals surface area contributed by atoms with Crippen LogP contribution < -0.4 is 26.2 Å². The highest BCUT2D eigenvalue weighted by molar-refractivity contribution is 5.86. The maximum absolute atomic E-state index is 13.8. The van der Waals surface area contributed by atoms with Gasteiger partial charge in [0.25, 0.3) is 5.91 Å². The maximum atomic E-state index is 13.8. The summed E-state index contributed by atoms with van der Waals surface area (Å²) in [6.07, 6.45) is -1.90. The molecule has 3 aromatic rings. The largest absolute Gasteiger partial charge is 0.453 e. The fourth-order valence-corrected chi connectivity index (χ4v) is 5.30. The van der Waals surface area contributed by atoms with Crippen molar-refractivity contribution in [2.75, 3.05) is 20.8 Å². The van der Waals surface area contributed by atoms with Crippen LogP contribution in [0, 0.1) is 11.3 Å². The van der Waals surface area contributed by atoms with Crippen molar-refractivity contribution in [3.05, 3.63) is 65.7 Å². The second kappa shape index (κ2) is 18.8. The zero-order valence-corrected chi connectivity index (χ0v) is 30.6. The Morgan fingerprint density at radius 1 is 0.922 bits per heavy atom. The molecular formula is C35H52N9O7+. The van der Waals surface area contributed by atoms with Crippen LogP contribution in [0.5, 0.6) is 0 Å². The fourth-order valence-electron chi connectivity index (χ4n) is 5.30. The Balaban J connectivity index is 1.95. The second-order valence-corrected chi connectivity index (χ2v) is 13.5. The molecule has 4 amide bonds. The van der Waals surface area contributed by atoms with Crippen LogP contribution >= 0.6 is 0 Å². The monoisotopic (exact) mass is 710 g/mol. The van der Waals surface area contributed by atoms with Gasteiger partial charge in [-0.15, -0.1) is 0 Å². The first-order valence-corrected chi connectivity index (χ1v) is 16.8. The lowest BCUT2D eigenvalue weighted by atomic mass is 9.86. The van der Waals surface area contributed by atoms with E-state index in [-0.39, 0.29) is 25.4 Å². The van der Waals surface area contributed by atoms with Crippen molar-refractivity contribution in [1.82, 2.24) is 41.8 Å². The Morgan fingerprint density at radius 2 is 1.55 bits per heavy atom. The van der Waals surface area contributed by atoms with Crippen LogP contribution in [0.1, 0.15) is 52.2 Å². The molecule has 278 valence electrons. The summed E-state index contributed by atoms with van der Waals surface area (Å²) < 4.78 is 9.53. The van der Waals surface area contributed by atoms with E-state index in [4.69, 9.17) is 9.47 Å². The zero-order chi connectivity index (χ0) is 37.7. The summed E-state index contributed by atoms with van der Waals surface area (Å²) in [7, 11) is 4.16. The molecule has 16 heteroatoms. The summed E-state index contributed by atoms with van der Waals surface area (Å²) in [5.41, 5.74) is 4.57. The third kappa shape index (κ3) is 12.3. The molecule has 16 nitrogen and oxygen atoms in total. The molecule has 0 bridgehead atoms. The minimum Gasteiger partial charge on any atom is -0.453 e. The summed E-state index contributed by atoms with van der Waals surface area (Å²) in [5.74, 6) is -0.763. The number of rotatable bonds is 16. The smallest absolute Gasteiger partial charge is 0.407 e. The lowest BCUT2D eigenvalue weighted by Crippen LogP contribution is -2.60. The van der Waals surface area contributed by atoms with Crippen molar-refractivity contribution >= 4 is 24.0 Å². The third-order valence-electron chi connectivity index (χ3n) is 8.43. The molecule has 0 fully saturated rings. The number of tetrazole rings is 1.